The first-order valence-corrected chi connectivity index (χ1v) is 8.73. The van der Waals surface area contributed by atoms with Gasteiger partial charge < -0.3 is 9.88 Å². The lowest BCUT2D eigenvalue weighted by atomic mass is 9.87. The highest BCUT2D eigenvalue weighted by Gasteiger charge is 2.32. The molecule has 1 fully saturated rings. The molecule has 0 amide bonds. The van der Waals surface area contributed by atoms with Crippen LogP contribution in [0.25, 0.3) is 5.65 Å². The molecule has 132 valence electrons. The molecule has 1 saturated heterocycles. The summed E-state index contributed by atoms with van der Waals surface area (Å²) in [6, 6.07) is 4.28. The molecular formula is C17H24N8. The Labute approximate surface area is 146 Å². The van der Waals surface area contributed by atoms with E-state index in [0.29, 0.717) is 12.0 Å². The lowest BCUT2D eigenvalue weighted by Gasteiger charge is -2.39. The second-order valence-corrected chi connectivity index (χ2v) is 6.86. The molecule has 2 atom stereocenters. The molecule has 1 aliphatic rings. The third-order valence-electron chi connectivity index (χ3n) is 5.02. The largest absolute Gasteiger partial charge is 0.368 e. The first kappa shape index (κ1) is 16.0. The molecule has 3 aromatic rings. The Morgan fingerprint density at radius 2 is 2.12 bits per heavy atom. The van der Waals surface area contributed by atoms with Crippen LogP contribution in [0.5, 0.6) is 0 Å². The predicted octanol–water partition coefficient (Wildman–Crippen LogP) is 1.66. The lowest BCUT2D eigenvalue weighted by Crippen LogP contribution is -2.39. The van der Waals surface area contributed by atoms with Gasteiger partial charge in [-0.2, -0.15) is 0 Å². The minimum absolute atomic E-state index is 0.367. The van der Waals surface area contributed by atoms with Crippen LogP contribution >= 0.6 is 0 Å². The van der Waals surface area contributed by atoms with Crippen LogP contribution < -0.4 is 5.32 Å². The average molecular weight is 340 g/mol. The normalized spacial score (nSPS) is 21.7. The molecule has 4 heterocycles. The van der Waals surface area contributed by atoms with E-state index in [1.807, 2.05) is 31.6 Å². The van der Waals surface area contributed by atoms with Crippen molar-refractivity contribution in [1.82, 2.24) is 34.3 Å². The molecule has 3 aromatic heterocycles. The first-order valence-electron chi connectivity index (χ1n) is 8.73. The Hall–Kier alpha value is -2.48. The molecule has 4 rings (SSSR count). The minimum atomic E-state index is 0.367. The Bertz CT molecular complexity index is 867. The molecule has 8 nitrogen and oxygen atoms in total. The van der Waals surface area contributed by atoms with E-state index in [0.717, 1.165) is 30.4 Å². The molecule has 0 aromatic carbocycles. The van der Waals surface area contributed by atoms with Crippen molar-refractivity contribution in [3.8, 4) is 0 Å². The smallest absolute Gasteiger partial charge is 0.176 e. The van der Waals surface area contributed by atoms with Crippen LogP contribution in [0.1, 0.15) is 30.4 Å². The zero-order valence-corrected chi connectivity index (χ0v) is 14.9. The SMILES string of the molecule is Cc1nc2ccc(NC[C@@H]3CCCN(C)[C@H]3c3cncn3C)nn2n1. The maximum Gasteiger partial charge on any atom is 0.176 e. The number of likely N-dealkylation sites (tertiary alicyclic amines) is 1. The van der Waals surface area contributed by atoms with Gasteiger partial charge in [-0.1, -0.05) is 0 Å². The second kappa shape index (κ2) is 6.44. The van der Waals surface area contributed by atoms with Crippen LogP contribution in [0, 0.1) is 12.8 Å². The fourth-order valence-corrected chi connectivity index (χ4v) is 3.81. The number of nitrogens with one attached hydrogen (secondary N) is 1. The highest BCUT2D eigenvalue weighted by Crippen LogP contribution is 2.34. The van der Waals surface area contributed by atoms with E-state index in [1.165, 1.54) is 18.5 Å². The summed E-state index contributed by atoms with van der Waals surface area (Å²) in [7, 11) is 4.27. The summed E-state index contributed by atoms with van der Waals surface area (Å²) >= 11 is 0. The summed E-state index contributed by atoms with van der Waals surface area (Å²) in [5.41, 5.74) is 2.04. The van der Waals surface area contributed by atoms with Gasteiger partial charge in [0.25, 0.3) is 0 Å². The van der Waals surface area contributed by atoms with Gasteiger partial charge in [0.15, 0.2) is 5.65 Å². The van der Waals surface area contributed by atoms with Crippen LogP contribution in [-0.2, 0) is 7.05 Å². The van der Waals surface area contributed by atoms with Crippen molar-refractivity contribution in [3.63, 3.8) is 0 Å². The van der Waals surface area contributed by atoms with E-state index < -0.39 is 0 Å². The summed E-state index contributed by atoms with van der Waals surface area (Å²) in [4.78, 5) is 11.1. The van der Waals surface area contributed by atoms with Crippen molar-refractivity contribution < 1.29 is 0 Å². The van der Waals surface area contributed by atoms with E-state index in [-0.39, 0.29) is 0 Å². The number of fused-ring (bicyclic) bond motifs is 1. The number of anilines is 1. The van der Waals surface area contributed by atoms with E-state index in [4.69, 9.17) is 0 Å². The number of aryl methyl sites for hydroxylation is 2. The van der Waals surface area contributed by atoms with E-state index in [1.54, 1.807) is 4.63 Å². The summed E-state index contributed by atoms with van der Waals surface area (Å²) < 4.78 is 3.71. The van der Waals surface area contributed by atoms with Crippen LogP contribution in [0.15, 0.2) is 24.7 Å². The lowest BCUT2D eigenvalue weighted by molar-refractivity contribution is 0.122. The van der Waals surface area contributed by atoms with Gasteiger partial charge in [0.1, 0.15) is 11.6 Å². The summed E-state index contributed by atoms with van der Waals surface area (Å²) in [6.45, 7) is 3.86. The molecule has 0 saturated carbocycles. The van der Waals surface area contributed by atoms with Gasteiger partial charge in [0.2, 0.25) is 0 Å². The average Bonchev–Trinajstić information content (AvgIpc) is 3.17. The zero-order chi connectivity index (χ0) is 17.4. The molecular weight excluding hydrogens is 316 g/mol. The van der Waals surface area contributed by atoms with Crippen LogP contribution in [0.2, 0.25) is 0 Å². The molecule has 1 N–H and O–H groups in total. The number of hydrogen-bond donors (Lipinski definition) is 1. The fourth-order valence-electron chi connectivity index (χ4n) is 3.81. The van der Waals surface area contributed by atoms with Crippen molar-refractivity contribution in [2.24, 2.45) is 13.0 Å². The van der Waals surface area contributed by atoms with Crippen molar-refractivity contribution >= 4 is 11.5 Å². The minimum Gasteiger partial charge on any atom is -0.368 e. The van der Waals surface area contributed by atoms with Gasteiger partial charge in [0, 0.05) is 19.8 Å². The van der Waals surface area contributed by atoms with Crippen molar-refractivity contribution in [1.29, 1.82) is 0 Å². The summed E-state index contributed by atoms with van der Waals surface area (Å²) in [6.07, 6.45) is 6.27. The number of rotatable bonds is 4. The number of nitrogens with zero attached hydrogens (tertiary/aromatic N) is 7. The molecule has 0 unspecified atom stereocenters. The van der Waals surface area contributed by atoms with Gasteiger partial charge in [0.05, 0.1) is 18.1 Å². The Balaban J connectivity index is 1.52. The third-order valence-corrected chi connectivity index (χ3v) is 5.02. The van der Waals surface area contributed by atoms with E-state index >= 15 is 0 Å². The Morgan fingerprint density at radius 1 is 1.24 bits per heavy atom. The third kappa shape index (κ3) is 3.09. The molecule has 0 aliphatic carbocycles. The topological polar surface area (TPSA) is 76.2 Å². The molecule has 0 radical (unpaired) electrons. The standard InChI is InChI=1S/C17H24N8/c1-12-20-16-7-6-15(22-25(16)21-12)19-9-13-5-4-8-23(2)17(13)14-10-18-11-24(14)3/h6-7,10-11,13,17H,4-5,8-9H2,1-3H3,(H,19,22)/t13-,17+/m0/s1. The number of piperidine rings is 1. The molecule has 0 spiro atoms. The van der Waals surface area contributed by atoms with Gasteiger partial charge in [-0.25, -0.2) is 9.97 Å². The van der Waals surface area contributed by atoms with E-state index in [9.17, 15) is 0 Å². The number of aromatic nitrogens is 6. The highest BCUT2D eigenvalue weighted by molar-refractivity contribution is 5.43. The van der Waals surface area contributed by atoms with E-state index in [2.05, 4.69) is 49.0 Å². The van der Waals surface area contributed by atoms with Gasteiger partial charge >= 0.3 is 0 Å². The Kier molecular flexibility index (Phi) is 4.12. The maximum atomic E-state index is 4.51. The molecule has 1 aliphatic heterocycles. The summed E-state index contributed by atoms with van der Waals surface area (Å²) in [5.74, 6) is 2.06. The quantitative estimate of drug-likeness (QED) is 0.778. The first-order chi connectivity index (χ1) is 12.1. The zero-order valence-electron chi connectivity index (χ0n) is 14.9. The van der Waals surface area contributed by atoms with Crippen LogP contribution in [0.3, 0.4) is 0 Å². The molecule has 8 heteroatoms. The van der Waals surface area contributed by atoms with Crippen molar-refractivity contribution in [2.45, 2.75) is 25.8 Å². The van der Waals surface area contributed by atoms with Crippen LogP contribution in [0.4, 0.5) is 5.82 Å². The van der Waals surface area contributed by atoms with Crippen molar-refractivity contribution in [3.05, 3.63) is 36.2 Å². The van der Waals surface area contributed by atoms with Gasteiger partial charge in [-0.15, -0.1) is 14.8 Å². The molecule has 25 heavy (non-hydrogen) atoms. The highest BCUT2D eigenvalue weighted by atomic mass is 15.5. The molecule has 0 bridgehead atoms. The number of imidazole rings is 1. The maximum absolute atomic E-state index is 4.51. The predicted molar refractivity (Wildman–Crippen MR) is 95.3 cm³/mol. The monoisotopic (exact) mass is 340 g/mol. The van der Waals surface area contributed by atoms with Crippen LogP contribution in [-0.4, -0.2) is 54.4 Å². The summed E-state index contributed by atoms with van der Waals surface area (Å²) in [5, 5.41) is 12.3. The van der Waals surface area contributed by atoms with Gasteiger partial charge in [-0.3, -0.25) is 4.90 Å². The van der Waals surface area contributed by atoms with Gasteiger partial charge in [-0.05, 0) is 51.4 Å². The fraction of sp³-hybridized carbons (Fsp3) is 0.529. The Morgan fingerprint density at radius 3 is 2.92 bits per heavy atom. The second-order valence-electron chi connectivity index (χ2n) is 6.86. The number of hydrogen-bond acceptors (Lipinski definition) is 6. The van der Waals surface area contributed by atoms with Crippen molar-refractivity contribution in [2.75, 3.05) is 25.5 Å².